The normalized spacial score (nSPS) is 11.6. The molecule has 3 aromatic rings. The van der Waals surface area contributed by atoms with E-state index in [9.17, 15) is 18.0 Å². The van der Waals surface area contributed by atoms with E-state index < -0.39 is 23.3 Å². The van der Waals surface area contributed by atoms with E-state index in [0.29, 0.717) is 16.1 Å². The van der Waals surface area contributed by atoms with Crippen LogP contribution < -0.4 is 5.32 Å². The molecule has 1 N–H and O–H groups in total. The Balaban J connectivity index is 1.66. The molecule has 0 bridgehead atoms. The number of carbonyl (C=O) groups is 1. The van der Waals surface area contributed by atoms with Crippen LogP contribution in [0.5, 0.6) is 0 Å². The molecule has 1 aromatic carbocycles. The molecule has 0 saturated carbocycles. The fourth-order valence-corrected chi connectivity index (χ4v) is 3.73. The fraction of sp³-hybridized carbons (Fsp3) is 0.316. The number of hydrogen-bond acceptors (Lipinski definition) is 4. The Bertz CT molecular complexity index is 982. The van der Waals surface area contributed by atoms with E-state index in [0.717, 1.165) is 29.7 Å². The number of nitrogens with one attached hydrogen (secondary N) is 1. The number of hydrogen-bond donors (Lipinski definition) is 1. The lowest BCUT2D eigenvalue weighted by atomic mass is 10.2. The SMILES string of the molecule is Cc1csc(CCCCNC(=O)c2cnn(-c3ccc(Cl)cc3)c2C(F)(F)F)n1. The molecule has 0 unspecified atom stereocenters. The van der Waals surface area contributed by atoms with Gasteiger partial charge in [0.1, 0.15) is 0 Å². The lowest BCUT2D eigenvalue weighted by Crippen LogP contribution is -2.27. The molecule has 0 fully saturated rings. The zero-order valence-corrected chi connectivity index (χ0v) is 17.0. The van der Waals surface area contributed by atoms with Gasteiger partial charge >= 0.3 is 6.18 Å². The molecule has 0 aliphatic carbocycles. The highest BCUT2D eigenvalue weighted by atomic mass is 35.5. The Morgan fingerprint density at radius 3 is 2.59 bits per heavy atom. The minimum Gasteiger partial charge on any atom is -0.352 e. The van der Waals surface area contributed by atoms with Crippen LogP contribution in [-0.2, 0) is 12.6 Å². The molecular weight excluding hydrogens is 425 g/mol. The first-order valence-electron chi connectivity index (χ1n) is 8.86. The van der Waals surface area contributed by atoms with Crippen molar-refractivity contribution in [2.75, 3.05) is 6.54 Å². The van der Waals surface area contributed by atoms with E-state index >= 15 is 0 Å². The van der Waals surface area contributed by atoms with Gasteiger partial charge in [0.05, 0.1) is 22.5 Å². The molecule has 10 heteroatoms. The van der Waals surface area contributed by atoms with E-state index in [2.05, 4.69) is 15.4 Å². The maximum Gasteiger partial charge on any atom is 0.434 e. The van der Waals surface area contributed by atoms with Crippen LogP contribution in [0.2, 0.25) is 5.02 Å². The van der Waals surface area contributed by atoms with Gasteiger partial charge in [0, 0.05) is 22.6 Å². The van der Waals surface area contributed by atoms with Crippen molar-refractivity contribution in [3.8, 4) is 5.69 Å². The van der Waals surface area contributed by atoms with Gasteiger partial charge in [-0.15, -0.1) is 11.3 Å². The summed E-state index contributed by atoms with van der Waals surface area (Å²) in [6, 6.07) is 5.74. The van der Waals surface area contributed by atoms with Crippen molar-refractivity contribution in [2.24, 2.45) is 0 Å². The molecule has 0 radical (unpaired) electrons. The van der Waals surface area contributed by atoms with Crippen LogP contribution in [0.4, 0.5) is 13.2 Å². The molecule has 2 heterocycles. The lowest BCUT2D eigenvalue weighted by molar-refractivity contribution is -0.143. The average Bonchev–Trinajstić information content (AvgIpc) is 3.28. The van der Waals surface area contributed by atoms with Gasteiger partial charge in [-0.05, 0) is 50.5 Å². The second kappa shape index (κ2) is 8.96. The highest BCUT2D eigenvalue weighted by Gasteiger charge is 2.40. The van der Waals surface area contributed by atoms with Gasteiger partial charge in [-0.3, -0.25) is 4.79 Å². The third-order valence-electron chi connectivity index (χ3n) is 4.12. The number of aromatic nitrogens is 3. The maximum absolute atomic E-state index is 13.6. The molecule has 0 spiro atoms. The zero-order chi connectivity index (χ0) is 21.0. The summed E-state index contributed by atoms with van der Waals surface area (Å²) in [5, 5.41) is 9.69. The maximum atomic E-state index is 13.6. The number of halogens is 4. The van der Waals surface area contributed by atoms with Crippen LogP contribution in [0.3, 0.4) is 0 Å². The second-order valence-electron chi connectivity index (χ2n) is 6.39. The van der Waals surface area contributed by atoms with E-state index in [1.165, 1.54) is 24.3 Å². The molecule has 0 atom stereocenters. The third kappa shape index (κ3) is 5.36. The number of amides is 1. The first kappa shape index (κ1) is 21.3. The van der Waals surface area contributed by atoms with E-state index in [4.69, 9.17) is 11.6 Å². The Labute approximate surface area is 174 Å². The van der Waals surface area contributed by atoms with Crippen molar-refractivity contribution in [3.63, 3.8) is 0 Å². The fourth-order valence-electron chi connectivity index (χ4n) is 2.78. The van der Waals surface area contributed by atoms with E-state index in [1.807, 2.05) is 12.3 Å². The first-order valence-corrected chi connectivity index (χ1v) is 10.1. The molecule has 154 valence electrons. The van der Waals surface area contributed by atoms with Crippen molar-refractivity contribution < 1.29 is 18.0 Å². The number of nitrogens with zero attached hydrogens (tertiary/aromatic N) is 3. The summed E-state index contributed by atoms with van der Waals surface area (Å²) in [6.45, 7) is 2.19. The molecule has 5 nitrogen and oxygen atoms in total. The van der Waals surface area contributed by atoms with Gasteiger partial charge in [-0.25, -0.2) is 9.67 Å². The van der Waals surface area contributed by atoms with Gasteiger partial charge in [0.15, 0.2) is 5.69 Å². The molecular formula is C19H18ClF3N4OS. The average molecular weight is 443 g/mol. The van der Waals surface area contributed by atoms with Crippen molar-refractivity contribution in [2.45, 2.75) is 32.4 Å². The Morgan fingerprint density at radius 1 is 1.24 bits per heavy atom. The van der Waals surface area contributed by atoms with Gasteiger partial charge in [-0.1, -0.05) is 11.6 Å². The lowest BCUT2D eigenvalue weighted by Gasteiger charge is -2.13. The van der Waals surface area contributed by atoms with Crippen LogP contribution in [-0.4, -0.2) is 27.2 Å². The van der Waals surface area contributed by atoms with Crippen molar-refractivity contribution in [1.29, 1.82) is 0 Å². The summed E-state index contributed by atoms with van der Waals surface area (Å²) < 4.78 is 41.6. The molecule has 29 heavy (non-hydrogen) atoms. The van der Waals surface area contributed by atoms with Gasteiger partial charge < -0.3 is 5.32 Å². The topological polar surface area (TPSA) is 59.8 Å². The van der Waals surface area contributed by atoms with Crippen LogP contribution >= 0.6 is 22.9 Å². The quantitative estimate of drug-likeness (QED) is 0.520. The number of unbranched alkanes of at least 4 members (excludes halogenated alkanes) is 1. The Hall–Kier alpha value is -2.39. The highest BCUT2D eigenvalue weighted by molar-refractivity contribution is 7.09. The molecule has 0 saturated heterocycles. The Kier molecular flexibility index (Phi) is 6.59. The summed E-state index contributed by atoms with van der Waals surface area (Å²) in [4.78, 5) is 16.7. The third-order valence-corrected chi connectivity index (χ3v) is 5.40. The van der Waals surface area contributed by atoms with Crippen LogP contribution in [0, 0.1) is 6.92 Å². The highest BCUT2D eigenvalue weighted by Crippen LogP contribution is 2.33. The van der Waals surface area contributed by atoms with Crippen LogP contribution in [0.15, 0.2) is 35.8 Å². The summed E-state index contributed by atoms with van der Waals surface area (Å²) in [6.07, 6.45) is -1.62. The molecule has 3 rings (SSSR count). The van der Waals surface area contributed by atoms with E-state index in [1.54, 1.807) is 11.3 Å². The van der Waals surface area contributed by atoms with Crippen LogP contribution in [0.25, 0.3) is 5.69 Å². The minimum atomic E-state index is -4.74. The summed E-state index contributed by atoms with van der Waals surface area (Å²) in [7, 11) is 0. The van der Waals surface area contributed by atoms with Gasteiger partial charge in [0.2, 0.25) is 0 Å². The number of thiazole rings is 1. The van der Waals surface area contributed by atoms with Gasteiger partial charge in [-0.2, -0.15) is 18.3 Å². The molecule has 0 aliphatic heterocycles. The van der Waals surface area contributed by atoms with Crippen molar-refractivity contribution in [1.82, 2.24) is 20.1 Å². The van der Waals surface area contributed by atoms with E-state index in [-0.39, 0.29) is 12.2 Å². The largest absolute Gasteiger partial charge is 0.434 e. The number of rotatable bonds is 7. The second-order valence-corrected chi connectivity index (χ2v) is 7.77. The zero-order valence-electron chi connectivity index (χ0n) is 15.5. The summed E-state index contributed by atoms with van der Waals surface area (Å²) >= 11 is 7.36. The Morgan fingerprint density at radius 2 is 1.97 bits per heavy atom. The number of alkyl halides is 3. The predicted molar refractivity (Wildman–Crippen MR) is 106 cm³/mol. The number of carbonyl (C=O) groups excluding carboxylic acids is 1. The number of aryl methyl sites for hydroxylation is 2. The van der Waals surface area contributed by atoms with Crippen molar-refractivity contribution in [3.05, 3.63) is 62.8 Å². The molecule has 0 aliphatic rings. The monoisotopic (exact) mass is 442 g/mol. The minimum absolute atomic E-state index is 0.166. The molecule has 1 amide bonds. The van der Waals surface area contributed by atoms with Crippen molar-refractivity contribution >= 4 is 28.8 Å². The predicted octanol–water partition coefficient (Wildman–Crippen LogP) is 5.06. The smallest absolute Gasteiger partial charge is 0.352 e. The van der Waals surface area contributed by atoms with Gasteiger partial charge in [0.25, 0.3) is 5.91 Å². The summed E-state index contributed by atoms with van der Waals surface area (Å²) in [5.74, 6) is -0.803. The molecule has 2 aromatic heterocycles. The van der Waals surface area contributed by atoms with Crippen LogP contribution in [0.1, 0.15) is 39.6 Å². The first-order chi connectivity index (χ1) is 13.8. The summed E-state index contributed by atoms with van der Waals surface area (Å²) in [5.41, 5.74) is -0.492. The standard InChI is InChI=1S/C19H18ClF3N4OS/c1-12-11-29-16(26-12)4-2-3-9-24-18(28)15-10-25-27(17(15)19(21,22)23)14-7-5-13(20)6-8-14/h5-8,10-11H,2-4,9H2,1H3,(H,24,28). The number of benzene rings is 1.